The molecule has 6 heteroatoms. The number of aliphatic carboxylic acids is 1. The lowest BCUT2D eigenvalue weighted by Gasteiger charge is -2.24. The van der Waals surface area contributed by atoms with Crippen LogP contribution in [0.15, 0.2) is 12.7 Å². The highest BCUT2D eigenvalue weighted by Crippen LogP contribution is 2.06. The third-order valence-corrected chi connectivity index (χ3v) is 2.55. The van der Waals surface area contributed by atoms with Gasteiger partial charge in [0.05, 0.1) is 0 Å². The van der Waals surface area contributed by atoms with Gasteiger partial charge in [-0.3, -0.25) is 0 Å². The molecule has 0 unspecified atom stereocenters. The van der Waals surface area contributed by atoms with E-state index in [1.807, 2.05) is 6.92 Å². The highest BCUT2D eigenvalue weighted by molar-refractivity contribution is 5.82. The van der Waals surface area contributed by atoms with Gasteiger partial charge in [0.2, 0.25) is 0 Å². The number of carboxylic acid groups (broad SMARTS) is 1. The van der Waals surface area contributed by atoms with Crippen molar-refractivity contribution in [2.24, 2.45) is 5.84 Å². The van der Waals surface area contributed by atoms with E-state index in [2.05, 4.69) is 11.9 Å². The van der Waals surface area contributed by atoms with Crippen LogP contribution in [0.3, 0.4) is 0 Å². The SMILES string of the molecule is C=CCCCNC(=O)N(N)[C@@H](CCCC)C(=O)O. The smallest absolute Gasteiger partial charge is 0.332 e. The number of rotatable bonds is 9. The van der Waals surface area contributed by atoms with E-state index in [-0.39, 0.29) is 0 Å². The van der Waals surface area contributed by atoms with Gasteiger partial charge in [0.15, 0.2) is 0 Å². The van der Waals surface area contributed by atoms with Gasteiger partial charge in [-0.15, -0.1) is 6.58 Å². The Bertz CT molecular complexity index is 282. The predicted molar refractivity (Wildman–Crippen MR) is 69.8 cm³/mol. The van der Waals surface area contributed by atoms with Gasteiger partial charge in [-0.25, -0.2) is 20.4 Å². The highest BCUT2D eigenvalue weighted by Gasteiger charge is 2.26. The van der Waals surface area contributed by atoms with Crippen LogP contribution in [-0.4, -0.2) is 34.7 Å². The largest absolute Gasteiger partial charge is 0.480 e. The summed E-state index contributed by atoms with van der Waals surface area (Å²) in [6.07, 6.45) is 5.25. The van der Waals surface area contributed by atoms with E-state index in [1.54, 1.807) is 6.08 Å². The molecule has 0 bridgehead atoms. The predicted octanol–water partition coefficient (Wildman–Crippen LogP) is 1.48. The number of carbonyl (C=O) groups excluding carboxylic acids is 1. The molecule has 0 fully saturated rings. The van der Waals surface area contributed by atoms with Crippen molar-refractivity contribution in [3.05, 3.63) is 12.7 Å². The molecule has 0 aromatic carbocycles. The van der Waals surface area contributed by atoms with Crippen molar-refractivity contribution in [3.8, 4) is 0 Å². The molecular formula is C12H23N3O3. The topological polar surface area (TPSA) is 95.7 Å². The van der Waals surface area contributed by atoms with E-state index in [9.17, 15) is 9.59 Å². The average molecular weight is 257 g/mol. The summed E-state index contributed by atoms with van der Waals surface area (Å²) >= 11 is 0. The second-order valence-electron chi connectivity index (χ2n) is 4.07. The Labute approximate surface area is 108 Å². The number of nitrogens with zero attached hydrogens (tertiary/aromatic N) is 1. The normalized spacial score (nSPS) is 11.7. The number of allylic oxidation sites excluding steroid dienone is 1. The van der Waals surface area contributed by atoms with Gasteiger partial charge >= 0.3 is 12.0 Å². The number of unbranched alkanes of at least 4 members (excludes halogenated alkanes) is 2. The lowest BCUT2D eigenvalue weighted by atomic mass is 10.1. The fourth-order valence-corrected chi connectivity index (χ4v) is 1.45. The molecule has 0 radical (unpaired) electrons. The first kappa shape index (κ1) is 16.4. The third-order valence-electron chi connectivity index (χ3n) is 2.55. The number of hydrazine groups is 1. The fraction of sp³-hybridized carbons (Fsp3) is 0.667. The maximum atomic E-state index is 11.6. The molecule has 0 aliphatic heterocycles. The molecule has 1 atom stereocenters. The molecule has 0 spiro atoms. The molecule has 0 saturated heterocycles. The quantitative estimate of drug-likeness (QED) is 0.192. The molecule has 18 heavy (non-hydrogen) atoms. The van der Waals surface area contributed by atoms with Crippen molar-refractivity contribution in [1.29, 1.82) is 0 Å². The van der Waals surface area contributed by atoms with E-state index in [0.29, 0.717) is 19.4 Å². The molecule has 4 N–H and O–H groups in total. The van der Waals surface area contributed by atoms with Crippen molar-refractivity contribution >= 4 is 12.0 Å². The second-order valence-corrected chi connectivity index (χ2v) is 4.07. The molecule has 0 rings (SSSR count). The van der Waals surface area contributed by atoms with Crippen molar-refractivity contribution in [2.45, 2.75) is 45.1 Å². The molecule has 0 heterocycles. The first-order valence-electron chi connectivity index (χ1n) is 6.20. The van der Waals surface area contributed by atoms with E-state index in [0.717, 1.165) is 24.3 Å². The maximum Gasteiger partial charge on any atom is 0.332 e. The number of hydrogen-bond acceptors (Lipinski definition) is 3. The van der Waals surface area contributed by atoms with Gasteiger partial charge in [-0.05, 0) is 19.3 Å². The molecule has 0 aromatic rings. The Hall–Kier alpha value is -1.56. The monoisotopic (exact) mass is 257 g/mol. The van der Waals surface area contributed by atoms with Crippen LogP contribution in [0.25, 0.3) is 0 Å². The van der Waals surface area contributed by atoms with E-state index in [4.69, 9.17) is 10.9 Å². The first-order valence-corrected chi connectivity index (χ1v) is 6.20. The second kappa shape index (κ2) is 9.47. The van der Waals surface area contributed by atoms with E-state index < -0.39 is 18.0 Å². The van der Waals surface area contributed by atoms with Gasteiger partial charge in [-0.1, -0.05) is 25.8 Å². The maximum absolute atomic E-state index is 11.6. The van der Waals surface area contributed by atoms with Gasteiger partial charge in [0, 0.05) is 6.54 Å². The minimum absolute atomic E-state index is 0.364. The summed E-state index contributed by atoms with van der Waals surface area (Å²) in [5.41, 5.74) is 0. The zero-order valence-electron chi connectivity index (χ0n) is 10.9. The van der Waals surface area contributed by atoms with Gasteiger partial charge in [-0.2, -0.15) is 0 Å². The molecule has 0 aromatic heterocycles. The highest BCUT2D eigenvalue weighted by atomic mass is 16.4. The number of carboxylic acids is 1. The fourth-order valence-electron chi connectivity index (χ4n) is 1.45. The average Bonchev–Trinajstić information content (AvgIpc) is 2.34. The number of nitrogens with two attached hydrogens (primary N) is 1. The van der Waals surface area contributed by atoms with Gasteiger partial charge in [0.25, 0.3) is 0 Å². The number of nitrogens with one attached hydrogen (secondary N) is 1. The standard InChI is InChI=1S/C12H23N3O3/c1-3-5-7-9-14-12(18)15(13)10(11(16)17)8-6-4-2/h3,10H,1,4-9,13H2,2H3,(H,14,18)(H,16,17)/t10-/m0/s1. The molecule has 0 aliphatic rings. The molecule has 104 valence electrons. The van der Waals surface area contributed by atoms with Crippen LogP contribution in [0.4, 0.5) is 4.79 Å². The lowest BCUT2D eigenvalue weighted by Crippen LogP contribution is -2.53. The van der Waals surface area contributed by atoms with Crippen LogP contribution < -0.4 is 11.2 Å². The summed E-state index contributed by atoms with van der Waals surface area (Å²) in [4.78, 5) is 22.6. The number of urea groups is 1. The summed E-state index contributed by atoms with van der Waals surface area (Å²) in [5, 5.41) is 12.4. The van der Waals surface area contributed by atoms with Crippen LogP contribution in [0, 0.1) is 0 Å². The van der Waals surface area contributed by atoms with Crippen molar-refractivity contribution in [3.63, 3.8) is 0 Å². The van der Waals surface area contributed by atoms with Crippen LogP contribution in [-0.2, 0) is 4.79 Å². The van der Waals surface area contributed by atoms with E-state index in [1.165, 1.54) is 0 Å². The summed E-state index contributed by atoms with van der Waals surface area (Å²) < 4.78 is 0. The molecule has 0 saturated carbocycles. The Morgan fingerprint density at radius 1 is 1.50 bits per heavy atom. The minimum Gasteiger partial charge on any atom is -0.480 e. The Kier molecular flexibility index (Phi) is 8.65. The summed E-state index contributed by atoms with van der Waals surface area (Å²) in [7, 11) is 0. The molecular weight excluding hydrogens is 234 g/mol. The minimum atomic E-state index is -1.08. The Morgan fingerprint density at radius 2 is 2.17 bits per heavy atom. The van der Waals surface area contributed by atoms with Crippen LogP contribution in [0.5, 0.6) is 0 Å². The number of amides is 2. The van der Waals surface area contributed by atoms with Gasteiger partial charge in [0.1, 0.15) is 6.04 Å². The zero-order valence-corrected chi connectivity index (χ0v) is 10.9. The summed E-state index contributed by atoms with van der Waals surface area (Å²) in [6.45, 7) is 5.98. The third kappa shape index (κ3) is 6.24. The van der Waals surface area contributed by atoms with Crippen molar-refractivity contribution < 1.29 is 14.7 Å². The summed E-state index contributed by atoms with van der Waals surface area (Å²) in [5.74, 6) is 4.46. The number of hydrogen-bond donors (Lipinski definition) is 3. The Balaban J connectivity index is 4.20. The number of carbonyl (C=O) groups is 2. The molecule has 0 aliphatic carbocycles. The lowest BCUT2D eigenvalue weighted by molar-refractivity contribution is -0.142. The summed E-state index contributed by atoms with van der Waals surface area (Å²) in [6, 6.07) is -1.52. The first-order chi connectivity index (χ1) is 8.54. The van der Waals surface area contributed by atoms with Crippen LogP contribution >= 0.6 is 0 Å². The molecule has 6 nitrogen and oxygen atoms in total. The van der Waals surface area contributed by atoms with E-state index >= 15 is 0 Å². The van der Waals surface area contributed by atoms with Gasteiger partial charge < -0.3 is 10.4 Å². The zero-order chi connectivity index (χ0) is 14.0. The van der Waals surface area contributed by atoms with Crippen molar-refractivity contribution in [2.75, 3.05) is 6.54 Å². The molecule has 2 amide bonds. The van der Waals surface area contributed by atoms with Crippen molar-refractivity contribution in [1.82, 2.24) is 10.3 Å². The van der Waals surface area contributed by atoms with Crippen LogP contribution in [0.1, 0.15) is 39.0 Å². The Morgan fingerprint density at radius 3 is 2.67 bits per heavy atom. The van der Waals surface area contributed by atoms with Crippen LogP contribution in [0.2, 0.25) is 0 Å².